The number of ether oxygens (including phenoxy) is 3. The Labute approximate surface area is 281 Å². The molecule has 9 heteroatoms. The normalized spacial score (nSPS) is 14.1. The minimum atomic E-state index is -0.863. The third kappa shape index (κ3) is 8.02. The second kappa shape index (κ2) is 13.5. The number of dihydropyridines is 1. The van der Waals surface area contributed by atoms with E-state index in [0.29, 0.717) is 39.5 Å². The number of nitrogens with zero attached hydrogens (tertiary/aromatic N) is 2. The minimum Gasteiger partial charge on any atom is -0.489 e. The lowest BCUT2D eigenvalue weighted by atomic mass is 9.79. The Morgan fingerprint density at radius 3 is 1.85 bits per heavy atom. The molecule has 0 radical (unpaired) electrons. The van der Waals surface area contributed by atoms with Crippen LogP contribution in [0.4, 0.5) is 4.39 Å². The molecule has 250 valence electrons. The van der Waals surface area contributed by atoms with Crippen molar-refractivity contribution in [2.45, 2.75) is 79.1 Å². The molecule has 48 heavy (non-hydrogen) atoms. The predicted molar refractivity (Wildman–Crippen MR) is 183 cm³/mol. The summed E-state index contributed by atoms with van der Waals surface area (Å²) in [6.45, 7) is 14.7. The first-order valence-corrected chi connectivity index (χ1v) is 15.9. The van der Waals surface area contributed by atoms with Crippen LogP contribution in [0.2, 0.25) is 0 Å². The number of benzene rings is 3. The Morgan fingerprint density at radius 1 is 0.792 bits per heavy atom. The van der Waals surface area contributed by atoms with Crippen LogP contribution in [0.15, 0.2) is 108 Å². The summed E-state index contributed by atoms with van der Waals surface area (Å²) < 4.78 is 32.9. The van der Waals surface area contributed by atoms with E-state index in [4.69, 9.17) is 19.3 Å². The SMILES string of the molecule is CC1=C(C(=O)OC(C)(C)C)C(c2cn(-c3ccccc3)nc2-c2ccc(OCc3ccc(F)cc3)cc2)C(C(=O)OC(C)(C)C)=C(C)N1. The Balaban J connectivity index is 1.64. The zero-order chi connectivity index (χ0) is 34.8. The second-order valence-corrected chi connectivity index (χ2v) is 13.8. The van der Waals surface area contributed by atoms with Gasteiger partial charge in [-0.05, 0) is 109 Å². The molecule has 5 rings (SSSR count). The molecule has 0 spiro atoms. The highest BCUT2D eigenvalue weighted by atomic mass is 19.1. The van der Waals surface area contributed by atoms with Crippen LogP contribution in [-0.2, 0) is 25.7 Å². The maximum atomic E-state index is 14.0. The summed E-state index contributed by atoms with van der Waals surface area (Å²) in [6.07, 6.45) is 1.86. The van der Waals surface area contributed by atoms with Gasteiger partial charge < -0.3 is 19.5 Å². The van der Waals surface area contributed by atoms with Crippen LogP contribution in [0.25, 0.3) is 16.9 Å². The predicted octanol–water partition coefficient (Wildman–Crippen LogP) is 8.18. The molecule has 0 saturated carbocycles. The Morgan fingerprint density at radius 2 is 1.33 bits per heavy atom. The van der Waals surface area contributed by atoms with Gasteiger partial charge in [0, 0.05) is 28.7 Å². The van der Waals surface area contributed by atoms with E-state index >= 15 is 0 Å². The Kier molecular flexibility index (Phi) is 9.62. The van der Waals surface area contributed by atoms with Crippen molar-refractivity contribution >= 4 is 11.9 Å². The molecule has 0 saturated heterocycles. The Hall–Kier alpha value is -5.18. The average molecular weight is 652 g/mol. The van der Waals surface area contributed by atoms with Gasteiger partial charge in [-0.25, -0.2) is 18.7 Å². The number of esters is 2. The molecule has 3 aromatic carbocycles. The van der Waals surface area contributed by atoms with Crippen LogP contribution < -0.4 is 10.1 Å². The fraction of sp³-hybridized carbons (Fsp3) is 0.308. The summed E-state index contributed by atoms with van der Waals surface area (Å²) in [4.78, 5) is 28.0. The van der Waals surface area contributed by atoms with E-state index in [9.17, 15) is 14.0 Å². The van der Waals surface area contributed by atoms with Crippen LogP contribution in [0.3, 0.4) is 0 Å². The maximum absolute atomic E-state index is 14.0. The lowest BCUT2D eigenvalue weighted by Gasteiger charge is -2.33. The highest BCUT2D eigenvalue weighted by Crippen LogP contribution is 2.44. The fourth-order valence-corrected chi connectivity index (χ4v) is 5.50. The van der Waals surface area contributed by atoms with Gasteiger partial charge in [-0.3, -0.25) is 0 Å². The highest BCUT2D eigenvalue weighted by Gasteiger charge is 2.42. The van der Waals surface area contributed by atoms with E-state index in [-0.39, 0.29) is 12.4 Å². The number of hydrogen-bond acceptors (Lipinski definition) is 7. The number of aromatic nitrogens is 2. The molecule has 0 unspecified atom stereocenters. The molecule has 2 heterocycles. The fourth-order valence-electron chi connectivity index (χ4n) is 5.50. The summed E-state index contributed by atoms with van der Waals surface area (Å²) in [6, 6.07) is 23.2. The number of allylic oxidation sites excluding steroid dienone is 2. The summed E-state index contributed by atoms with van der Waals surface area (Å²) in [5, 5.41) is 8.26. The molecule has 1 aromatic heterocycles. The number of hydrogen-bond donors (Lipinski definition) is 1. The van der Waals surface area contributed by atoms with E-state index in [1.165, 1.54) is 12.1 Å². The quantitative estimate of drug-likeness (QED) is 0.192. The summed E-state index contributed by atoms with van der Waals surface area (Å²) in [5.41, 5.74) is 3.75. The zero-order valence-electron chi connectivity index (χ0n) is 28.7. The maximum Gasteiger partial charge on any atom is 0.337 e. The molecular formula is C39H42FN3O5. The van der Waals surface area contributed by atoms with Crippen molar-refractivity contribution in [3.63, 3.8) is 0 Å². The minimum absolute atomic E-state index is 0.273. The first-order chi connectivity index (χ1) is 22.6. The van der Waals surface area contributed by atoms with E-state index in [2.05, 4.69) is 5.32 Å². The standard InChI is InChI=1S/C39H42FN3O5/c1-24-32(36(44)47-38(3,4)5)34(33(25(2)41-24)37(45)48-39(6,7)8)31-22-43(29-12-10-9-11-13-29)42-35(31)27-16-20-30(21-17-27)46-23-26-14-18-28(40)19-15-26/h9-22,34,41H,23H2,1-8H3. The third-order valence-corrected chi connectivity index (χ3v) is 7.52. The van der Waals surface area contributed by atoms with Crippen molar-refractivity contribution in [1.82, 2.24) is 15.1 Å². The van der Waals surface area contributed by atoms with Gasteiger partial charge in [-0.15, -0.1) is 0 Å². The van der Waals surface area contributed by atoms with Gasteiger partial charge >= 0.3 is 11.9 Å². The van der Waals surface area contributed by atoms with Crippen LogP contribution in [0, 0.1) is 5.82 Å². The van der Waals surface area contributed by atoms with Crippen LogP contribution in [-0.4, -0.2) is 32.9 Å². The van der Waals surface area contributed by atoms with E-state index in [1.807, 2.05) is 60.8 Å². The lowest BCUT2D eigenvalue weighted by Crippen LogP contribution is -2.36. The summed E-state index contributed by atoms with van der Waals surface area (Å²) >= 11 is 0. The second-order valence-electron chi connectivity index (χ2n) is 13.8. The van der Waals surface area contributed by atoms with E-state index in [1.54, 1.807) is 72.2 Å². The van der Waals surface area contributed by atoms with Crippen LogP contribution in [0.1, 0.15) is 72.4 Å². The van der Waals surface area contributed by atoms with E-state index < -0.39 is 29.1 Å². The smallest absolute Gasteiger partial charge is 0.337 e. The summed E-state index contributed by atoms with van der Waals surface area (Å²) in [5.74, 6) is -1.65. The molecule has 8 nitrogen and oxygen atoms in total. The van der Waals surface area contributed by atoms with Crippen molar-refractivity contribution < 1.29 is 28.2 Å². The molecule has 0 amide bonds. The van der Waals surface area contributed by atoms with Crippen molar-refractivity contribution in [2.75, 3.05) is 0 Å². The molecule has 0 atom stereocenters. The lowest BCUT2D eigenvalue weighted by molar-refractivity contribution is -0.150. The van der Waals surface area contributed by atoms with Gasteiger partial charge in [0.15, 0.2) is 0 Å². The van der Waals surface area contributed by atoms with Crippen LogP contribution >= 0.6 is 0 Å². The number of para-hydroxylation sites is 1. The van der Waals surface area contributed by atoms with Gasteiger partial charge in [-0.1, -0.05) is 30.3 Å². The molecular weight excluding hydrogens is 609 g/mol. The Bertz CT molecular complexity index is 1810. The van der Waals surface area contributed by atoms with Gasteiger partial charge in [0.1, 0.15) is 29.4 Å². The molecule has 0 fully saturated rings. The van der Waals surface area contributed by atoms with Crippen LogP contribution in [0.5, 0.6) is 5.75 Å². The largest absolute Gasteiger partial charge is 0.489 e. The molecule has 0 aliphatic carbocycles. The van der Waals surface area contributed by atoms with Crippen molar-refractivity contribution in [3.05, 3.63) is 125 Å². The zero-order valence-corrected chi connectivity index (χ0v) is 28.7. The summed E-state index contributed by atoms with van der Waals surface area (Å²) in [7, 11) is 0. The number of carbonyl (C=O) groups excluding carboxylic acids is 2. The molecule has 1 aliphatic heterocycles. The number of carbonyl (C=O) groups is 2. The monoisotopic (exact) mass is 651 g/mol. The molecule has 1 aliphatic rings. The third-order valence-electron chi connectivity index (χ3n) is 7.52. The molecule has 1 N–H and O–H groups in total. The van der Waals surface area contributed by atoms with E-state index in [0.717, 1.165) is 16.8 Å². The molecule has 4 aromatic rings. The van der Waals surface area contributed by atoms with Crippen molar-refractivity contribution in [2.24, 2.45) is 0 Å². The first kappa shape index (κ1) is 34.2. The number of rotatable bonds is 8. The van der Waals surface area contributed by atoms with Gasteiger partial charge in [0.2, 0.25) is 0 Å². The highest BCUT2D eigenvalue weighted by molar-refractivity contribution is 6.00. The van der Waals surface area contributed by atoms with Crippen molar-refractivity contribution in [1.29, 1.82) is 0 Å². The number of halogens is 1. The first-order valence-electron chi connectivity index (χ1n) is 15.9. The van der Waals surface area contributed by atoms with Gasteiger partial charge in [-0.2, -0.15) is 5.10 Å². The average Bonchev–Trinajstić information content (AvgIpc) is 3.44. The van der Waals surface area contributed by atoms with Gasteiger partial charge in [0.05, 0.1) is 28.4 Å². The van der Waals surface area contributed by atoms with Gasteiger partial charge in [0.25, 0.3) is 0 Å². The topological polar surface area (TPSA) is 91.7 Å². The van der Waals surface area contributed by atoms with Crippen molar-refractivity contribution in [3.8, 4) is 22.7 Å². The number of nitrogens with one attached hydrogen (secondary N) is 1. The molecule has 0 bridgehead atoms.